The van der Waals surface area contributed by atoms with Gasteiger partial charge in [-0.1, -0.05) is 60.7 Å². The summed E-state index contributed by atoms with van der Waals surface area (Å²) in [6.45, 7) is 5.14. The Hall–Kier alpha value is -2.63. The fraction of sp³-hybridized carbons (Fsp3) is 0.393. The van der Waals surface area contributed by atoms with Gasteiger partial charge in [0.1, 0.15) is 11.5 Å². The average molecular weight is 462 g/mol. The predicted octanol–water partition coefficient (Wildman–Crippen LogP) is 6.13. The number of anilines is 1. The van der Waals surface area contributed by atoms with Crippen molar-refractivity contribution in [2.45, 2.75) is 38.3 Å². The van der Waals surface area contributed by atoms with Crippen molar-refractivity contribution < 1.29 is 14.0 Å². The summed E-state index contributed by atoms with van der Waals surface area (Å²) >= 11 is 1.59. The Morgan fingerprint density at radius 1 is 0.939 bits per heavy atom. The first-order valence-corrected chi connectivity index (χ1v) is 13.0. The topological polar surface area (TPSA) is 29.5 Å². The molecule has 3 saturated heterocycles. The largest absolute Gasteiger partial charge is 0.439 e. The molecule has 4 nitrogen and oxygen atoms in total. The number of rotatable bonds is 8. The molecule has 2 aromatic carbocycles. The Bertz CT molecular complexity index is 1010. The average Bonchev–Trinajstić information content (AvgIpc) is 3.39. The molecule has 1 aromatic heterocycles. The maximum absolute atomic E-state index is 13.4. The van der Waals surface area contributed by atoms with E-state index in [9.17, 15) is 4.79 Å². The summed E-state index contributed by atoms with van der Waals surface area (Å²) in [6, 6.07) is 24.9. The molecule has 0 unspecified atom stereocenters. The molecular weight excluding hydrogens is 428 g/mol. The second-order valence-electron chi connectivity index (χ2n) is 9.57. The molecule has 2 bridgehead atoms. The number of benzene rings is 2. The van der Waals surface area contributed by atoms with E-state index in [2.05, 4.69) is 42.5 Å². The number of amides is 1. The molecule has 4 heterocycles. The number of fused-ring (bicyclic) bond motifs is 3. The molecule has 0 radical (unpaired) electrons. The number of thiophene rings is 1. The van der Waals surface area contributed by atoms with E-state index in [1.807, 2.05) is 35.7 Å². The third-order valence-corrected chi connectivity index (χ3v) is 8.30. The molecule has 3 aliphatic rings. The van der Waals surface area contributed by atoms with Crippen LogP contribution in [0.5, 0.6) is 0 Å². The van der Waals surface area contributed by atoms with Crippen molar-refractivity contribution in [1.82, 2.24) is 0 Å². The highest BCUT2D eigenvalue weighted by molar-refractivity contribution is 7.14. The highest BCUT2D eigenvalue weighted by atomic mass is 32.1. The van der Waals surface area contributed by atoms with Gasteiger partial charge < -0.3 is 9.22 Å². The molecule has 33 heavy (non-hydrogen) atoms. The first kappa shape index (κ1) is 22.2. The van der Waals surface area contributed by atoms with Crippen LogP contribution in [0.25, 0.3) is 0 Å². The van der Waals surface area contributed by atoms with E-state index >= 15 is 0 Å². The molecule has 6 rings (SSSR count). The molecular formula is C28H33N2O2S+. The van der Waals surface area contributed by atoms with Crippen LogP contribution in [0, 0.1) is 5.92 Å². The SMILES string of the molecule is O=C(O[C@H]1C[N+]2(CCCc3ccccc3)CCC1CC2)N(Cc1ccccc1)c1cccs1. The molecule has 0 spiro atoms. The van der Waals surface area contributed by atoms with Gasteiger partial charge in [0.25, 0.3) is 0 Å². The van der Waals surface area contributed by atoms with E-state index in [1.165, 1.54) is 44.5 Å². The number of quaternary nitrogens is 1. The Balaban J connectivity index is 1.23. The number of carbonyl (C=O) groups is 1. The van der Waals surface area contributed by atoms with Crippen LogP contribution < -0.4 is 4.90 Å². The smallest absolute Gasteiger partial charge is 0.415 e. The third kappa shape index (κ3) is 5.31. The van der Waals surface area contributed by atoms with E-state index in [4.69, 9.17) is 4.74 Å². The summed E-state index contributed by atoms with van der Waals surface area (Å²) in [5.74, 6) is 0.505. The molecule has 3 aliphatic heterocycles. The monoisotopic (exact) mass is 461 g/mol. The van der Waals surface area contributed by atoms with Crippen LogP contribution in [0.3, 0.4) is 0 Å². The Morgan fingerprint density at radius 3 is 2.30 bits per heavy atom. The highest BCUT2D eigenvalue weighted by Crippen LogP contribution is 2.36. The minimum Gasteiger partial charge on any atom is -0.439 e. The molecule has 0 N–H and O–H groups in total. The number of hydrogen-bond acceptors (Lipinski definition) is 3. The van der Waals surface area contributed by atoms with Gasteiger partial charge in [-0.15, -0.1) is 11.3 Å². The van der Waals surface area contributed by atoms with Gasteiger partial charge in [0.2, 0.25) is 0 Å². The quantitative estimate of drug-likeness (QED) is 0.378. The van der Waals surface area contributed by atoms with Crippen molar-refractivity contribution in [3.8, 4) is 0 Å². The molecule has 0 saturated carbocycles. The van der Waals surface area contributed by atoms with Crippen LogP contribution in [0.15, 0.2) is 78.2 Å². The number of aryl methyl sites for hydroxylation is 1. The lowest BCUT2D eigenvalue weighted by Gasteiger charge is -2.52. The van der Waals surface area contributed by atoms with Gasteiger partial charge >= 0.3 is 6.09 Å². The maximum Gasteiger partial charge on any atom is 0.415 e. The van der Waals surface area contributed by atoms with Gasteiger partial charge in [0.05, 0.1) is 26.2 Å². The normalized spacial score (nSPS) is 23.9. The van der Waals surface area contributed by atoms with Crippen molar-refractivity contribution in [2.75, 3.05) is 31.1 Å². The Morgan fingerprint density at radius 2 is 1.64 bits per heavy atom. The van der Waals surface area contributed by atoms with Gasteiger partial charge in [0.15, 0.2) is 6.10 Å². The molecule has 1 amide bonds. The molecule has 3 aromatic rings. The first-order chi connectivity index (χ1) is 16.2. The first-order valence-electron chi connectivity index (χ1n) is 12.2. The fourth-order valence-corrected chi connectivity index (χ4v) is 6.27. The number of piperidine rings is 3. The molecule has 3 fully saturated rings. The van der Waals surface area contributed by atoms with E-state index in [0.717, 1.165) is 28.0 Å². The minimum atomic E-state index is -0.206. The Labute approximate surface area is 201 Å². The van der Waals surface area contributed by atoms with Gasteiger partial charge in [-0.05, 0) is 35.1 Å². The lowest BCUT2D eigenvalue weighted by atomic mass is 9.83. The number of ether oxygens (including phenoxy) is 1. The molecule has 0 aliphatic carbocycles. The van der Waals surface area contributed by atoms with Crippen LogP contribution in [-0.4, -0.2) is 42.9 Å². The summed E-state index contributed by atoms with van der Waals surface area (Å²) in [4.78, 5) is 15.2. The third-order valence-electron chi connectivity index (χ3n) is 7.41. The number of hydrogen-bond donors (Lipinski definition) is 0. The van der Waals surface area contributed by atoms with Gasteiger partial charge in [0, 0.05) is 25.2 Å². The minimum absolute atomic E-state index is 0.0231. The second kappa shape index (κ2) is 10.1. The summed E-state index contributed by atoms with van der Waals surface area (Å²) in [7, 11) is 0. The van der Waals surface area contributed by atoms with Crippen molar-refractivity contribution in [2.24, 2.45) is 5.92 Å². The molecule has 172 valence electrons. The zero-order valence-electron chi connectivity index (χ0n) is 19.1. The van der Waals surface area contributed by atoms with Crippen LogP contribution in [0.1, 0.15) is 30.4 Å². The maximum atomic E-state index is 13.4. The zero-order chi connectivity index (χ0) is 22.5. The number of carbonyl (C=O) groups excluding carboxylic acids is 1. The highest BCUT2D eigenvalue weighted by Gasteiger charge is 2.47. The summed E-state index contributed by atoms with van der Waals surface area (Å²) in [5.41, 5.74) is 2.53. The summed E-state index contributed by atoms with van der Waals surface area (Å²) in [5, 5.41) is 2.96. The van der Waals surface area contributed by atoms with Crippen LogP contribution in [0.2, 0.25) is 0 Å². The van der Waals surface area contributed by atoms with Crippen molar-refractivity contribution in [1.29, 1.82) is 0 Å². The predicted molar refractivity (Wildman–Crippen MR) is 134 cm³/mol. The fourth-order valence-electron chi connectivity index (χ4n) is 5.55. The van der Waals surface area contributed by atoms with Crippen LogP contribution in [0.4, 0.5) is 9.80 Å². The zero-order valence-corrected chi connectivity index (χ0v) is 20.0. The second-order valence-corrected chi connectivity index (χ2v) is 10.5. The van der Waals surface area contributed by atoms with E-state index < -0.39 is 0 Å². The molecule has 5 heteroatoms. The number of nitrogens with zero attached hydrogens (tertiary/aromatic N) is 2. The standard InChI is InChI=1S/C28H33N2O2S/c31-28(29(27-14-8-20-33-27)21-24-11-5-2-6-12-24)32-26-22-30(18-15-25(26)16-19-30)17-7-13-23-9-3-1-4-10-23/h1-6,8-12,14,20,25-26H,7,13,15-19,21-22H2/q+1/t25?,26-,30?/m0/s1. The van der Waals surface area contributed by atoms with Crippen LogP contribution >= 0.6 is 11.3 Å². The van der Waals surface area contributed by atoms with E-state index in [-0.39, 0.29) is 12.2 Å². The Kier molecular flexibility index (Phi) is 6.79. The lowest BCUT2D eigenvalue weighted by Crippen LogP contribution is -2.65. The molecule has 1 atom stereocenters. The van der Waals surface area contributed by atoms with Crippen molar-refractivity contribution in [3.63, 3.8) is 0 Å². The van der Waals surface area contributed by atoms with Crippen LogP contribution in [-0.2, 0) is 17.7 Å². The van der Waals surface area contributed by atoms with E-state index in [0.29, 0.717) is 12.5 Å². The van der Waals surface area contributed by atoms with Crippen molar-refractivity contribution in [3.05, 3.63) is 89.3 Å². The lowest BCUT2D eigenvalue weighted by molar-refractivity contribution is -0.946. The van der Waals surface area contributed by atoms with Gasteiger partial charge in [-0.3, -0.25) is 4.90 Å². The summed E-state index contributed by atoms with van der Waals surface area (Å²) < 4.78 is 7.36. The van der Waals surface area contributed by atoms with E-state index in [1.54, 1.807) is 16.2 Å². The van der Waals surface area contributed by atoms with Crippen molar-refractivity contribution >= 4 is 22.4 Å². The summed E-state index contributed by atoms with van der Waals surface area (Å²) in [6.07, 6.45) is 4.46. The van der Waals surface area contributed by atoms with Gasteiger partial charge in [-0.25, -0.2) is 4.79 Å². The van der Waals surface area contributed by atoms with Gasteiger partial charge in [-0.2, -0.15) is 0 Å².